The molecule has 1 saturated heterocycles. The Hall–Kier alpha value is -2.65. The largest absolute Gasteiger partial charge is 0.372 e. The van der Waals surface area contributed by atoms with E-state index in [0.717, 1.165) is 11.5 Å². The van der Waals surface area contributed by atoms with E-state index in [9.17, 15) is 0 Å². The maximum Gasteiger partial charge on any atom is 0.0366 e. The zero-order valence-corrected chi connectivity index (χ0v) is 21.0. The van der Waals surface area contributed by atoms with Gasteiger partial charge in [-0.3, -0.25) is 4.98 Å². The summed E-state index contributed by atoms with van der Waals surface area (Å²) < 4.78 is 0. The van der Waals surface area contributed by atoms with Gasteiger partial charge < -0.3 is 10.2 Å². The Balaban J connectivity index is 0.000000454. The third-order valence-electron chi connectivity index (χ3n) is 5.87. The first-order chi connectivity index (χ1) is 16.1. The third kappa shape index (κ3) is 12.2. The SMILES string of the molecule is C=C.C=C(c1ccccc1)N1CCC(CCCCCNC(C)C)CC1.C=Cc1cccnc1. The molecular formula is C30H45N3. The zero-order valence-electron chi connectivity index (χ0n) is 21.0. The topological polar surface area (TPSA) is 28.2 Å². The van der Waals surface area contributed by atoms with Crippen LogP contribution in [0.5, 0.6) is 0 Å². The minimum atomic E-state index is 0.622. The molecule has 3 rings (SSSR count). The summed E-state index contributed by atoms with van der Waals surface area (Å²) in [6.07, 6.45) is 13.4. The zero-order chi connectivity index (χ0) is 24.3. The molecule has 0 spiro atoms. The van der Waals surface area contributed by atoms with E-state index in [4.69, 9.17) is 0 Å². The van der Waals surface area contributed by atoms with Crippen molar-refractivity contribution in [2.45, 2.75) is 58.4 Å². The van der Waals surface area contributed by atoms with Gasteiger partial charge in [-0.25, -0.2) is 0 Å². The quantitative estimate of drug-likeness (QED) is 0.303. The van der Waals surface area contributed by atoms with Crippen molar-refractivity contribution in [2.24, 2.45) is 5.92 Å². The fraction of sp³-hybridized carbons (Fsp3) is 0.433. The molecule has 2 heterocycles. The molecule has 1 aromatic carbocycles. The first-order valence-corrected chi connectivity index (χ1v) is 12.3. The summed E-state index contributed by atoms with van der Waals surface area (Å²) in [5.41, 5.74) is 3.53. The molecule has 33 heavy (non-hydrogen) atoms. The van der Waals surface area contributed by atoms with Crippen LogP contribution in [0.4, 0.5) is 0 Å². The average Bonchev–Trinajstić information content (AvgIpc) is 2.88. The molecule has 1 aliphatic heterocycles. The number of likely N-dealkylation sites (tertiary alicyclic amines) is 1. The van der Waals surface area contributed by atoms with Gasteiger partial charge in [0.15, 0.2) is 0 Å². The second-order valence-corrected chi connectivity index (χ2v) is 8.69. The van der Waals surface area contributed by atoms with Crippen LogP contribution in [-0.2, 0) is 0 Å². The number of piperidine rings is 1. The van der Waals surface area contributed by atoms with E-state index in [0.29, 0.717) is 6.04 Å². The van der Waals surface area contributed by atoms with Crippen molar-refractivity contribution in [3.05, 3.63) is 92.3 Å². The Morgan fingerprint density at radius 2 is 1.76 bits per heavy atom. The van der Waals surface area contributed by atoms with Crippen LogP contribution in [0.15, 0.2) is 81.2 Å². The molecule has 0 amide bonds. The number of hydrogen-bond donors (Lipinski definition) is 1. The molecule has 2 aromatic rings. The van der Waals surface area contributed by atoms with Crippen LogP contribution in [0.25, 0.3) is 11.8 Å². The third-order valence-corrected chi connectivity index (χ3v) is 5.87. The van der Waals surface area contributed by atoms with E-state index in [1.54, 1.807) is 18.5 Å². The number of hydrogen-bond acceptors (Lipinski definition) is 3. The smallest absolute Gasteiger partial charge is 0.0366 e. The van der Waals surface area contributed by atoms with Gasteiger partial charge in [0.1, 0.15) is 0 Å². The van der Waals surface area contributed by atoms with Gasteiger partial charge in [-0.15, -0.1) is 13.2 Å². The standard InChI is InChI=1S/C21H34N2.C7H7N.C2H4/c1-18(2)22-15-9-5-6-10-20-13-16-23(17-14-20)19(3)21-11-7-4-8-12-21;1-2-7-4-3-5-8-6-7;1-2/h4,7-8,11-12,18,20,22H,3,5-6,9-10,13-17H2,1-2H3;2-6H,1H2;1-2H2. The van der Waals surface area contributed by atoms with Crippen molar-refractivity contribution in [1.82, 2.24) is 15.2 Å². The Morgan fingerprint density at radius 1 is 1.06 bits per heavy atom. The van der Waals surface area contributed by atoms with Crippen LogP contribution >= 0.6 is 0 Å². The summed E-state index contributed by atoms with van der Waals surface area (Å²) in [5.74, 6) is 0.924. The Kier molecular flexibility index (Phi) is 15.4. The Morgan fingerprint density at radius 3 is 2.30 bits per heavy atom. The highest BCUT2D eigenvalue weighted by Crippen LogP contribution is 2.27. The fourth-order valence-electron chi connectivity index (χ4n) is 3.93. The van der Waals surface area contributed by atoms with E-state index in [1.807, 2.05) is 12.1 Å². The van der Waals surface area contributed by atoms with Crippen LogP contribution in [0, 0.1) is 5.92 Å². The Bertz CT molecular complexity index is 747. The highest BCUT2D eigenvalue weighted by atomic mass is 15.1. The minimum Gasteiger partial charge on any atom is -0.372 e. The van der Waals surface area contributed by atoms with Crippen LogP contribution in [0.1, 0.15) is 63.5 Å². The second-order valence-electron chi connectivity index (χ2n) is 8.69. The number of nitrogens with zero attached hydrogens (tertiary/aromatic N) is 2. The molecule has 0 saturated carbocycles. The molecule has 1 N–H and O–H groups in total. The molecule has 180 valence electrons. The summed E-state index contributed by atoms with van der Waals surface area (Å²) >= 11 is 0. The molecule has 1 aromatic heterocycles. The lowest BCUT2D eigenvalue weighted by Gasteiger charge is -2.35. The van der Waals surface area contributed by atoms with Crippen LogP contribution < -0.4 is 5.32 Å². The maximum absolute atomic E-state index is 4.30. The number of rotatable bonds is 10. The molecule has 0 radical (unpaired) electrons. The maximum atomic E-state index is 4.30. The number of unbranched alkanes of at least 4 members (excludes halogenated alkanes) is 2. The monoisotopic (exact) mass is 447 g/mol. The van der Waals surface area contributed by atoms with Gasteiger partial charge in [0.25, 0.3) is 0 Å². The van der Waals surface area contributed by atoms with Gasteiger partial charge in [-0.1, -0.05) is 88.7 Å². The van der Waals surface area contributed by atoms with Gasteiger partial charge in [0, 0.05) is 37.2 Å². The lowest BCUT2D eigenvalue weighted by molar-refractivity contribution is 0.242. The lowest BCUT2D eigenvalue weighted by atomic mass is 9.90. The number of aromatic nitrogens is 1. The highest BCUT2D eigenvalue weighted by Gasteiger charge is 2.20. The first kappa shape index (κ1) is 28.4. The first-order valence-electron chi connectivity index (χ1n) is 12.3. The summed E-state index contributed by atoms with van der Waals surface area (Å²) in [4.78, 5) is 6.35. The molecule has 0 aliphatic carbocycles. The van der Waals surface area contributed by atoms with Gasteiger partial charge >= 0.3 is 0 Å². The molecule has 1 fully saturated rings. The van der Waals surface area contributed by atoms with Gasteiger partial charge in [0.2, 0.25) is 0 Å². The van der Waals surface area contributed by atoms with E-state index < -0.39 is 0 Å². The fourth-order valence-corrected chi connectivity index (χ4v) is 3.93. The van der Waals surface area contributed by atoms with E-state index in [2.05, 4.69) is 85.7 Å². The molecule has 0 unspecified atom stereocenters. The van der Waals surface area contributed by atoms with Crippen molar-refractivity contribution in [1.29, 1.82) is 0 Å². The molecule has 0 bridgehead atoms. The van der Waals surface area contributed by atoms with Crippen molar-refractivity contribution >= 4 is 11.8 Å². The molecule has 0 atom stereocenters. The number of benzene rings is 1. The van der Waals surface area contributed by atoms with Crippen LogP contribution in [0.3, 0.4) is 0 Å². The Labute approximate surface area is 203 Å². The molecule has 3 nitrogen and oxygen atoms in total. The van der Waals surface area contributed by atoms with E-state index in [1.165, 1.54) is 69.4 Å². The molecule has 3 heteroatoms. The van der Waals surface area contributed by atoms with Gasteiger partial charge in [0.05, 0.1) is 0 Å². The second kappa shape index (κ2) is 17.9. The molecular weight excluding hydrogens is 402 g/mol. The summed E-state index contributed by atoms with van der Waals surface area (Å²) in [5, 5.41) is 3.50. The summed E-state index contributed by atoms with van der Waals surface area (Å²) in [6.45, 7) is 21.9. The average molecular weight is 448 g/mol. The van der Waals surface area contributed by atoms with Crippen molar-refractivity contribution in [3.63, 3.8) is 0 Å². The van der Waals surface area contributed by atoms with Gasteiger partial charge in [-0.05, 0) is 48.9 Å². The van der Waals surface area contributed by atoms with Crippen molar-refractivity contribution in [2.75, 3.05) is 19.6 Å². The number of nitrogens with one attached hydrogen (secondary N) is 1. The van der Waals surface area contributed by atoms with E-state index >= 15 is 0 Å². The summed E-state index contributed by atoms with van der Waals surface area (Å²) in [6, 6.07) is 15.1. The van der Waals surface area contributed by atoms with Crippen molar-refractivity contribution in [3.8, 4) is 0 Å². The predicted octanol–water partition coefficient (Wildman–Crippen LogP) is 7.45. The predicted molar refractivity (Wildman–Crippen MR) is 147 cm³/mol. The summed E-state index contributed by atoms with van der Waals surface area (Å²) in [7, 11) is 0. The highest BCUT2D eigenvalue weighted by molar-refractivity contribution is 5.61. The molecule has 1 aliphatic rings. The van der Waals surface area contributed by atoms with Crippen LogP contribution in [0.2, 0.25) is 0 Å². The van der Waals surface area contributed by atoms with E-state index in [-0.39, 0.29) is 0 Å². The van der Waals surface area contributed by atoms with Gasteiger partial charge in [-0.2, -0.15) is 0 Å². The normalized spacial score (nSPS) is 13.4. The number of pyridine rings is 1. The minimum absolute atomic E-state index is 0.622. The van der Waals surface area contributed by atoms with Crippen molar-refractivity contribution < 1.29 is 0 Å². The van der Waals surface area contributed by atoms with Crippen LogP contribution in [-0.4, -0.2) is 35.6 Å². The lowest BCUT2D eigenvalue weighted by Crippen LogP contribution is -2.32.